The summed E-state index contributed by atoms with van der Waals surface area (Å²) in [6, 6.07) is 81.0. The van der Waals surface area contributed by atoms with Crippen LogP contribution in [-0.4, -0.2) is 9.13 Å². The first-order valence-corrected chi connectivity index (χ1v) is 21.5. The molecule has 0 spiro atoms. The summed E-state index contributed by atoms with van der Waals surface area (Å²) in [5.74, 6) is 0. The Balaban J connectivity index is 1.07. The number of hydrogen-bond acceptors (Lipinski definition) is 0. The number of hydrogen-bond donors (Lipinski definition) is 0. The number of nitrogens with zero attached hydrogens (tertiary/aromatic N) is 2. The highest BCUT2D eigenvalue weighted by atomic mass is 15.0. The molecule has 0 aliphatic carbocycles. The highest BCUT2D eigenvalue weighted by Gasteiger charge is 2.23. The monoisotopic (exact) mass is 784 g/mol. The molecular weight excluding hydrogens is 749 g/mol. The van der Waals surface area contributed by atoms with Gasteiger partial charge in [-0.3, -0.25) is 0 Å². The van der Waals surface area contributed by atoms with Gasteiger partial charge in [-0.15, -0.1) is 0 Å². The van der Waals surface area contributed by atoms with Gasteiger partial charge in [0.05, 0.1) is 22.1 Å². The molecule has 2 heteroatoms. The highest BCUT2D eigenvalue weighted by molar-refractivity contribution is 6.31. The lowest BCUT2D eigenvalue weighted by Gasteiger charge is -2.18. The zero-order valence-electron chi connectivity index (χ0n) is 33.7. The Morgan fingerprint density at radius 2 is 0.597 bits per heavy atom. The van der Waals surface area contributed by atoms with Crippen LogP contribution in [0.4, 0.5) is 0 Å². The van der Waals surface area contributed by atoms with Crippen molar-refractivity contribution in [1.82, 2.24) is 9.13 Å². The van der Waals surface area contributed by atoms with Gasteiger partial charge in [0.25, 0.3) is 0 Å². The molecule has 0 saturated heterocycles. The average Bonchev–Trinajstić information content (AvgIpc) is 3.88. The van der Waals surface area contributed by atoms with Crippen LogP contribution in [0.5, 0.6) is 0 Å². The van der Waals surface area contributed by atoms with Crippen LogP contribution in [0.1, 0.15) is 0 Å². The Kier molecular flexibility index (Phi) is 6.86. The minimum atomic E-state index is 1.16. The Morgan fingerprint density at radius 1 is 0.210 bits per heavy atom. The Hall–Kier alpha value is -8.20. The first kappa shape index (κ1) is 33.6. The first-order chi connectivity index (χ1) is 30.8. The van der Waals surface area contributed by atoms with E-state index in [-0.39, 0.29) is 0 Å². The van der Waals surface area contributed by atoms with Gasteiger partial charge in [-0.2, -0.15) is 0 Å². The van der Waals surface area contributed by atoms with Crippen molar-refractivity contribution in [2.45, 2.75) is 0 Å². The topological polar surface area (TPSA) is 9.86 Å². The molecule has 0 fully saturated rings. The second kappa shape index (κ2) is 12.7. The SMILES string of the molecule is c1ccc(-n2c3ccc4ccccc4c3c3cccc(-c4ccc5ccc6c(-c7cccc8c9c%10ccccc%10ccc9n(-c9ccccc9)c78)ccc7ccc4c5c76)c32)cc1. The molecule has 0 aliphatic heterocycles. The van der Waals surface area contributed by atoms with Gasteiger partial charge in [-0.05, 0) is 101 Å². The molecule has 2 heterocycles. The molecule has 12 aromatic carbocycles. The van der Waals surface area contributed by atoms with E-state index in [9.17, 15) is 0 Å². The third kappa shape index (κ3) is 4.53. The van der Waals surface area contributed by atoms with Crippen LogP contribution < -0.4 is 0 Å². The van der Waals surface area contributed by atoms with E-state index in [0.717, 1.165) is 11.4 Å². The van der Waals surface area contributed by atoms with Crippen LogP contribution >= 0.6 is 0 Å². The van der Waals surface area contributed by atoms with Crippen molar-refractivity contribution in [3.63, 3.8) is 0 Å². The van der Waals surface area contributed by atoms with Crippen molar-refractivity contribution in [2.75, 3.05) is 0 Å². The van der Waals surface area contributed by atoms with Gasteiger partial charge in [0.15, 0.2) is 0 Å². The molecule has 2 aromatic heterocycles. The molecule has 0 N–H and O–H groups in total. The summed E-state index contributed by atoms with van der Waals surface area (Å²) >= 11 is 0. The molecule has 0 aliphatic rings. The maximum absolute atomic E-state index is 2.48. The van der Waals surface area contributed by atoms with E-state index in [0.29, 0.717) is 0 Å². The molecule has 0 bridgehead atoms. The Labute approximate surface area is 357 Å². The molecule has 0 atom stereocenters. The van der Waals surface area contributed by atoms with Gasteiger partial charge in [-0.25, -0.2) is 0 Å². The average molecular weight is 785 g/mol. The molecule has 0 radical (unpaired) electrons. The zero-order chi connectivity index (χ0) is 40.5. The van der Waals surface area contributed by atoms with Gasteiger partial charge < -0.3 is 9.13 Å². The van der Waals surface area contributed by atoms with Gasteiger partial charge in [0.1, 0.15) is 0 Å². The fourth-order valence-electron chi connectivity index (χ4n) is 11.1. The smallest absolute Gasteiger partial charge is 0.0619 e. The van der Waals surface area contributed by atoms with E-state index in [4.69, 9.17) is 0 Å². The predicted octanol–water partition coefficient (Wildman–Crippen LogP) is 16.4. The van der Waals surface area contributed by atoms with E-state index < -0.39 is 0 Å². The van der Waals surface area contributed by atoms with Crippen LogP contribution in [0.2, 0.25) is 0 Å². The normalized spacial score (nSPS) is 12.2. The third-order valence-corrected chi connectivity index (χ3v) is 13.6. The number of para-hydroxylation sites is 4. The second-order valence-corrected chi connectivity index (χ2v) is 16.8. The van der Waals surface area contributed by atoms with Crippen molar-refractivity contribution >= 4 is 97.5 Å². The third-order valence-electron chi connectivity index (χ3n) is 13.6. The van der Waals surface area contributed by atoms with E-state index in [1.54, 1.807) is 0 Å². The van der Waals surface area contributed by atoms with Crippen molar-refractivity contribution in [1.29, 1.82) is 0 Å². The number of rotatable bonds is 4. The van der Waals surface area contributed by atoms with Crippen molar-refractivity contribution < 1.29 is 0 Å². The summed E-state index contributed by atoms with van der Waals surface area (Å²) in [6.45, 7) is 0. The van der Waals surface area contributed by atoms with Crippen molar-refractivity contribution in [3.05, 3.63) is 218 Å². The van der Waals surface area contributed by atoms with Gasteiger partial charge in [0.2, 0.25) is 0 Å². The molecule has 14 aromatic rings. The zero-order valence-corrected chi connectivity index (χ0v) is 33.7. The minimum Gasteiger partial charge on any atom is -0.309 e. The van der Waals surface area contributed by atoms with E-state index in [1.165, 1.54) is 120 Å². The van der Waals surface area contributed by atoms with E-state index >= 15 is 0 Å². The summed E-state index contributed by atoms with van der Waals surface area (Å²) in [7, 11) is 0. The lowest BCUT2D eigenvalue weighted by Crippen LogP contribution is -1.96. The molecule has 286 valence electrons. The fourth-order valence-corrected chi connectivity index (χ4v) is 11.1. The Morgan fingerprint density at radius 3 is 1.06 bits per heavy atom. The van der Waals surface area contributed by atoms with Crippen LogP contribution in [0.3, 0.4) is 0 Å². The molecule has 0 saturated carbocycles. The maximum Gasteiger partial charge on any atom is 0.0619 e. The summed E-state index contributed by atoms with van der Waals surface area (Å²) in [4.78, 5) is 0. The predicted molar refractivity (Wildman–Crippen MR) is 265 cm³/mol. The van der Waals surface area contributed by atoms with Crippen LogP contribution in [0.25, 0.3) is 131 Å². The first-order valence-electron chi connectivity index (χ1n) is 21.5. The van der Waals surface area contributed by atoms with Crippen LogP contribution in [0, 0.1) is 0 Å². The maximum atomic E-state index is 2.48. The minimum absolute atomic E-state index is 1.16. The lowest BCUT2D eigenvalue weighted by molar-refractivity contribution is 1.18. The standard InChI is InChI=1S/C60H36N2/c1-3-15-41(16-4-1)61-53-35-29-37-13-7-9-19-43(37)57(53)51-23-11-21-49(59(51)61)45-31-25-39-28-34-48-46(32-26-40-27-33-47(45)55(39)56(40)48)50-22-12-24-52-58-44-20-10-8-14-38(44)30-36-54(58)62(60(50)52)42-17-5-2-6-18-42/h1-36H. The van der Waals surface area contributed by atoms with Crippen molar-refractivity contribution in [3.8, 4) is 33.6 Å². The molecule has 0 amide bonds. The summed E-state index contributed by atoms with van der Waals surface area (Å²) in [6.07, 6.45) is 0. The number of fused-ring (bicyclic) bond motifs is 10. The second-order valence-electron chi connectivity index (χ2n) is 16.8. The number of benzene rings is 12. The molecule has 14 rings (SSSR count). The molecule has 62 heavy (non-hydrogen) atoms. The fraction of sp³-hybridized carbons (Fsp3) is 0. The quantitative estimate of drug-likeness (QED) is 0.157. The van der Waals surface area contributed by atoms with Gasteiger partial charge >= 0.3 is 0 Å². The van der Waals surface area contributed by atoms with E-state index in [2.05, 4.69) is 228 Å². The summed E-state index contributed by atoms with van der Waals surface area (Å²) < 4.78 is 4.97. The molecule has 0 unspecified atom stereocenters. The highest BCUT2D eigenvalue weighted by Crippen LogP contribution is 2.48. The summed E-state index contributed by atoms with van der Waals surface area (Å²) in [5.41, 5.74) is 12.2. The number of aromatic nitrogens is 2. The lowest BCUT2D eigenvalue weighted by atomic mass is 9.86. The van der Waals surface area contributed by atoms with Gasteiger partial charge in [0, 0.05) is 44.0 Å². The van der Waals surface area contributed by atoms with Gasteiger partial charge in [-0.1, -0.05) is 182 Å². The summed E-state index contributed by atoms with van der Waals surface area (Å²) in [5, 5.41) is 17.8. The Bertz CT molecular complexity index is 3860. The largest absolute Gasteiger partial charge is 0.309 e. The molecular formula is C60H36N2. The van der Waals surface area contributed by atoms with Crippen LogP contribution in [-0.2, 0) is 0 Å². The van der Waals surface area contributed by atoms with Crippen LogP contribution in [0.15, 0.2) is 218 Å². The van der Waals surface area contributed by atoms with Crippen molar-refractivity contribution in [2.24, 2.45) is 0 Å². The van der Waals surface area contributed by atoms with E-state index in [1.807, 2.05) is 0 Å². The molecule has 2 nitrogen and oxygen atoms in total.